The highest BCUT2D eigenvalue weighted by Gasteiger charge is 2.12. The largest absolute Gasteiger partial charge is 0.527 e. The van der Waals surface area contributed by atoms with Gasteiger partial charge < -0.3 is 0 Å². The van der Waals surface area contributed by atoms with Crippen molar-refractivity contribution in [1.82, 2.24) is 4.98 Å². The van der Waals surface area contributed by atoms with Gasteiger partial charge in [0, 0.05) is 10.4 Å². The average molecular weight is 176 g/mol. The summed E-state index contributed by atoms with van der Waals surface area (Å²) in [7, 11) is 0. The maximum atomic E-state index is 10.6. The van der Waals surface area contributed by atoms with Crippen LogP contribution in [-0.2, 0) is 15.9 Å². The second-order valence-corrected chi connectivity index (χ2v) is 2.97. The van der Waals surface area contributed by atoms with Crippen LogP contribution in [0.3, 0.4) is 0 Å². The molecule has 1 aromatic heterocycles. The molecule has 0 aliphatic rings. The first kappa shape index (κ1) is 7.31. The summed E-state index contributed by atoms with van der Waals surface area (Å²) in [5, 5.41) is 2.54. The fourth-order valence-electron chi connectivity index (χ4n) is 1.16. The van der Waals surface area contributed by atoms with E-state index in [9.17, 15) is 4.21 Å². The minimum absolute atomic E-state index is 0.437. The van der Waals surface area contributed by atoms with Crippen LogP contribution in [0.1, 0.15) is 0 Å². The van der Waals surface area contributed by atoms with Gasteiger partial charge in [-0.25, -0.2) is 0 Å². The van der Waals surface area contributed by atoms with E-state index in [2.05, 4.69) is 4.98 Å². The molecule has 0 spiro atoms. The maximum absolute atomic E-state index is 10.6. The highest BCUT2D eigenvalue weighted by Crippen LogP contribution is 2.15. The van der Waals surface area contributed by atoms with Gasteiger partial charge in [-0.1, -0.05) is 18.2 Å². The molecular weight excluding hydrogens is 170 g/mol. The predicted octanol–water partition coefficient (Wildman–Crippen LogP) is 2.02. The van der Waals surface area contributed by atoms with Crippen LogP contribution in [0, 0.1) is 0 Å². The van der Waals surface area contributed by atoms with Crippen LogP contribution in [0.25, 0.3) is 10.8 Å². The minimum atomic E-state index is 0.437. The SMILES string of the molecule is O=[S+]c1nccc2ccccc12. The molecule has 12 heavy (non-hydrogen) atoms. The third kappa shape index (κ3) is 1.08. The quantitative estimate of drug-likeness (QED) is 0.622. The minimum Gasteiger partial charge on any atom is -0.197 e. The van der Waals surface area contributed by atoms with Crippen molar-refractivity contribution in [2.24, 2.45) is 0 Å². The lowest BCUT2D eigenvalue weighted by Crippen LogP contribution is -1.82. The molecule has 58 valence electrons. The summed E-state index contributed by atoms with van der Waals surface area (Å²) in [5.41, 5.74) is 0. The van der Waals surface area contributed by atoms with Crippen molar-refractivity contribution in [3.8, 4) is 0 Å². The number of nitrogens with zero attached hydrogens (tertiary/aromatic N) is 1. The topological polar surface area (TPSA) is 30.0 Å². The summed E-state index contributed by atoms with van der Waals surface area (Å²) in [6.45, 7) is 0. The Labute approximate surface area is 73.7 Å². The lowest BCUT2D eigenvalue weighted by molar-refractivity contribution is 0.604. The number of fused-ring (bicyclic) bond motifs is 1. The zero-order valence-electron chi connectivity index (χ0n) is 6.23. The van der Waals surface area contributed by atoms with Gasteiger partial charge in [-0.05, 0) is 17.5 Å². The normalized spacial score (nSPS) is 10.0. The van der Waals surface area contributed by atoms with Crippen molar-refractivity contribution in [2.45, 2.75) is 5.03 Å². The van der Waals surface area contributed by atoms with E-state index in [-0.39, 0.29) is 0 Å². The number of aromatic nitrogens is 1. The zero-order valence-corrected chi connectivity index (χ0v) is 7.04. The van der Waals surface area contributed by atoms with Crippen molar-refractivity contribution >= 4 is 22.4 Å². The van der Waals surface area contributed by atoms with Gasteiger partial charge in [-0.2, -0.15) is 4.98 Å². The molecule has 0 saturated carbocycles. The van der Waals surface area contributed by atoms with Gasteiger partial charge in [0.2, 0.25) is 0 Å². The fourth-order valence-corrected chi connectivity index (χ4v) is 1.54. The highest BCUT2D eigenvalue weighted by atomic mass is 32.1. The Bertz CT molecular complexity index is 422. The zero-order chi connectivity index (χ0) is 8.39. The third-order valence-corrected chi connectivity index (χ3v) is 2.20. The Kier molecular flexibility index (Phi) is 1.80. The molecule has 1 aromatic carbocycles. The monoisotopic (exact) mass is 176 g/mol. The second-order valence-electron chi connectivity index (χ2n) is 2.42. The number of benzene rings is 1. The average Bonchev–Trinajstić information content (AvgIpc) is 2.17. The number of pyridine rings is 1. The Morgan fingerprint density at radius 3 is 2.83 bits per heavy atom. The molecule has 0 saturated heterocycles. The molecule has 0 aliphatic carbocycles. The van der Waals surface area contributed by atoms with E-state index in [1.165, 1.54) is 0 Å². The van der Waals surface area contributed by atoms with E-state index < -0.39 is 0 Å². The Morgan fingerprint density at radius 2 is 2.00 bits per heavy atom. The standard InChI is InChI=1S/C9H6NOS/c11-12-9-8-4-2-1-3-7(8)5-6-10-9/h1-6H/q+1. The van der Waals surface area contributed by atoms with Crippen LogP contribution in [-0.4, -0.2) is 4.98 Å². The van der Waals surface area contributed by atoms with Crippen molar-refractivity contribution in [3.05, 3.63) is 36.5 Å². The van der Waals surface area contributed by atoms with E-state index in [0.29, 0.717) is 16.7 Å². The van der Waals surface area contributed by atoms with E-state index in [0.717, 1.165) is 10.8 Å². The van der Waals surface area contributed by atoms with E-state index in [4.69, 9.17) is 0 Å². The van der Waals surface area contributed by atoms with Crippen molar-refractivity contribution in [2.75, 3.05) is 0 Å². The third-order valence-electron chi connectivity index (χ3n) is 1.72. The Balaban J connectivity index is 2.88. The Hall–Kier alpha value is -1.35. The molecular formula is C9H6NOS+. The molecule has 0 amide bonds. The van der Waals surface area contributed by atoms with Crippen LogP contribution in [0.2, 0.25) is 0 Å². The summed E-state index contributed by atoms with van der Waals surface area (Å²) in [4.78, 5) is 3.98. The van der Waals surface area contributed by atoms with Crippen LogP contribution in [0.15, 0.2) is 41.6 Å². The molecule has 0 atom stereocenters. The number of rotatable bonds is 1. The first-order chi connectivity index (χ1) is 5.92. The fraction of sp³-hybridized carbons (Fsp3) is 0. The van der Waals surface area contributed by atoms with Crippen molar-refractivity contribution < 1.29 is 4.21 Å². The van der Waals surface area contributed by atoms with Crippen LogP contribution in [0.4, 0.5) is 0 Å². The molecule has 1 heterocycles. The van der Waals surface area contributed by atoms with Crippen LogP contribution < -0.4 is 0 Å². The smallest absolute Gasteiger partial charge is 0.197 e. The summed E-state index contributed by atoms with van der Waals surface area (Å²) in [5.74, 6) is 0. The van der Waals surface area contributed by atoms with Gasteiger partial charge in [0.25, 0.3) is 0 Å². The van der Waals surface area contributed by atoms with Crippen molar-refractivity contribution in [3.63, 3.8) is 0 Å². The van der Waals surface area contributed by atoms with Gasteiger partial charge in [0.15, 0.2) is 0 Å². The second kappa shape index (κ2) is 2.95. The summed E-state index contributed by atoms with van der Waals surface area (Å²) in [6, 6.07) is 9.62. The summed E-state index contributed by atoms with van der Waals surface area (Å²) < 4.78 is 10.6. The molecule has 2 rings (SSSR count). The van der Waals surface area contributed by atoms with E-state index in [1.54, 1.807) is 6.20 Å². The molecule has 3 heteroatoms. The summed E-state index contributed by atoms with van der Waals surface area (Å²) in [6.07, 6.45) is 1.66. The van der Waals surface area contributed by atoms with Crippen molar-refractivity contribution in [1.29, 1.82) is 0 Å². The molecule has 0 radical (unpaired) electrons. The number of hydrogen-bond donors (Lipinski definition) is 0. The Morgan fingerprint density at radius 1 is 1.17 bits per heavy atom. The summed E-state index contributed by atoms with van der Waals surface area (Å²) >= 11 is 0.437. The molecule has 0 N–H and O–H groups in total. The van der Waals surface area contributed by atoms with Crippen LogP contribution in [0.5, 0.6) is 0 Å². The van der Waals surface area contributed by atoms with Gasteiger partial charge in [0.1, 0.15) is 0 Å². The lowest BCUT2D eigenvalue weighted by Gasteiger charge is -1.90. The molecule has 2 aromatic rings. The van der Waals surface area contributed by atoms with E-state index in [1.807, 2.05) is 30.3 Å². The van der Waals surface area contributed by atoms with Gasteiger partial charge in [-0.15, -0.1) is 0 Å². The lowest BCUT2D eigenvalue weighted by atomic mass is 10.2. The molecule has 2 nitrogen and oxygen atoms in total. The number of hydrogen-bond acceptors (Lipinski definition) is 2. The van der Waals surface area contributed by atoms with Crippen LogP contribution >= 0.6 is 0 Å². The maximum Gasteiger partial charge on any atom is 0.527 e. The van der Waals surface area contributed by atoms with E-state index >= 15 is 0 Å². The first-order valence-electron chi connectivity index (χ1n) is 3.55. The molecule has 0 unspecified atom stereocenters. The molecule has 0 bridgehead atoms. The van der Waals surface area contributed by atoms with Gasteiger partial charge in [-0.3, -0.25) is 0 Å². The van der Waals surface area contributed by atoms with Gasteiger partial charge in [0.05, 0.1) is 5.39 Å². The molecule has 0 fully saturated rings. The predicted molar refractivity (Wildman–Crippen MR) is 48.1 cm³/mol. The van der Waals surface area contributed by atoms with Gasteiger partial charge >= 0.3 is 16.7 Å². The first-order valence-corrected chi connectivity index (χ1v) is 4.29. The highest BCUT2D eigenvalue weighted by molar-refractivity contribution is 7.65. The molecule has 0 aliphatic heterocycles.